The van der Waals surface area contributed by atoms with Gasteiger partial charge in [0.25, 0.3) is 0 Å². The van der Waals surface area contributed by atoms with Gasteiger partial charge in [-0.25, -0.2) is 9.18 Å². The lowest BCUT2D eigenvalue weighted by Crippen LogP contribution is -2.41. The molecule has 26 heavy (non-hydrogen) atoms. The van der Waals surface area contributed by atoms with Crippen LogP contribution in [0.3, 0.4) is 0 Å². The van der Waals surface area contributed by atoms with E-state index in [1.165, 1.54) is 23.1 Å². The average Bonchev–Trinajstić information content (AvgIpc) is 2.99. The molecular formula is C18H23FN4O3. The number of hydrogen-bond donors (Lipinski definition) is 2. The predicted octanol–water partition coefficient (Wildman–Crippen LogP) is 3.78. The molecule has 0 aliphatic carbocycles. The number of unbranched alkanes of at least 4 members (excludes halogenated alkanes) is 2. The zero-order chi connectivity index (χ0) is 18.9. The van der Waals surface area contributed by atoms with Gasteiger partial charge >= 0.3 is 6.03 Å². The lowest BCUT2D eigenvalue weighted by Gasteiger charge is -2.22. The molecular weight excluding hydrogens is 339 g/mol. The summed E-state index contributed by atoms with van der Waals surface area (Å²) in [6.45, 7) is 4.04. The normalized spacial score (nSPS) is 10.4. The summed E-state index contributed by atoms with van der Waals surface area (Å²) in [6, 6.07) is 6.74. The summed E-state index contributed by atoms with van der Waals surface area (Å²) in [5.41, 5.74) is 0.336. The standard InChI is InChI=1S/C18H23FN4O3/c1-3-4-5-9-23(12-17(24)21-16-10-13(2)26-22-16)18(25)20-15-8-6-7-14(19)11-15/h6-8,10-11H,3-5,9,12H2,1-2H3,(H,20,25)(H,21,22,24). The van der Waals surface area contributed by atoms with Crippen LogP contribution >= 0.6 is 0 Å². The van der Waals surface area contributed by atoms with E-state index < -0.39 is 11.8 Å². The zero-order valence-electron chi connectivity index (χ0n) is 14.9. The fraction of sp³-hybridized carbons (Fsp3) is 0.389. The van der Waals surface area contributed by atoms with Crippen LogP contribution in [0.15, 0.2) is 34.9 Å². The summed E-state index contributed by atoms with van der Waals surface area (Å²) >= 11 is 0. The van der Waals surface area contributed by atoms with Crippen LogP contribution < -0.4 is 10.6 Å². The highest BCUT2D eigenvalue weighted by Crippen LogP contribution is 2.11. The van der Waals surface area contributed by atoms with Crippen LogP contribution in [0.4, 0.5) is 20.7 Å². The van der Waals surface area contributed by atoms with Crippen LogP contribution in [0.2, 0.25) is 0 Å². The minimum atomic E-state index is -0.460. The van der Waals surface area contributed by atoms with Crippen LogP contribution in [0.25, 0.3) is 0 Å². The van der Waals surface area contributed by atoms with Gasteiger partial charge in [0.1, 0.15) is 18.1 Å². The smallest absolute Gasteiger partial charge is 0.322 e. The maximum absolute atomic E-state index is 13.3. The Kier molecular flexibility index (Phi) is 7.13. The van der Waals surface area contributed by atoms with Gasteiger partial charge in [-0.3, -0.25) is 4.79 Å². The van der Waals surface area contributed by atoms with Crippen LogP contribution in [-0.4, -0.2) is 35.1 Å². The Morgan fingerprint density at radius 3 is 2.69 bits per heavy atom. The molecule has 0 saturated heterocycles. The summed E-state index contributed by atoms with van der Waals surface area (Å²) in [6.07, 6.45) is 2.70. The Morgan fingerprint density at radius 1 is 1.23 bits per heavy atom. The number of hydrogen-bond acceptors (Lipinski definition) is 4. The number of anilines is 2. The first-order valence-corrected chi connectivity index (χ1v) is 8.52. The SMILES string of the molecule is CCCCCN(CC(=O)Nc1cc(C)on1)C(=O)Nc1cccc(F)c1. The van der Waals surface area contributed by atoms with Crippen LogP contribution in [0, 0.1) is 12.7 Å². The van der Waals surface area contributed by atoms with E-state index >= 15 is 0 Å². The number of amides is 3. The summed E-state index contributed by atoms with van der Waals surface area (Å²) < 4.78 is 18.2. The number of halogens is 1. The first kappa shape index (κ1) is 19.4. The average molecular weight is 362 g/mol. The molecule has 1 aromatic carbocycles. The molecule has 7 nitrogen and oxygen atoms in total. The molecule has 2 rings (SSSR count). The van der Waals surface area contributed by atoms with Gasteiger partial charge in [0, 0.05) is 18.3 Å². The Bertz CT molecular complexity index is 748. The Labute approximate surface area is 151 Å². The van der Waals surface area contributed by atoms with Crippen molar-refractivity contribution in [2.45, 2.75) is 33.1 Å². The van der Waals surface area contributed by atoms with Crippen molar-refractivity contribution in [3.63, 3.8) is 0 Å². The minimum Gasteiger partial charge on any atom is -0.360 e. The monoisotopic (exact) mass is 362 g/mol. The maximum atomic E-state index is 13.3. The van der Waals surface area contributed by atoms with Gasteiger partial charge in [-0.15, -0.1) is 0 Å². The van der Waals surface area contributed by atoms with Gasteiger partial charge in [0.15, 0.2) is 5.82 Å². The molecule has 1 heterocycles. The van der Waals surface area contributed by atoms with Crippen molar-refractivity contribution in [2.75, 3.05) is 23.7 Å². The number of rotatable bonds is 8. The third kappa shape index (κ3) is 6.19. The molecule has 3 amide bonds. The minimum absolute atomic E-state index is 0.142. The molecule has 2 aromatic rings. The second-order valence-corrected chi connectivity index (χ2v) is 5.94. The highest BCUT2D eigenvalue weighted by molar-refractivity contribution is 5.96. The van der Waals surface area contributed by atoms with Crippen molar-refractivity contribution in [2.24, 2.45) is 0 Å². The van der Waals surface area contributed by atoms with Gasteiger partial charge in [0.2, 0.25) is 5.91 Å². The number of urea groups is 1. The van der Waals surface area contributed by atoms with Crippen molar-refractivity contribution < 1.29 is 18.5 Å². The van der Waals surface area contributed by atoms with Gasteiger partial charge in [-0.05, 0) is 31.5 Å². The van der Waals surface area contributed by atoms with E-state index in [9.17, 15) is 14.0 Å². The largest absolute Gasteiger partial charge is 0.360 e. The summed E-state index contributed by atoms with van der Waals surface area (Å²) in [4.78, 5) is 26.1. The molecule has 0 bridgehead atoms. The van der Waals surface area contributed by atoms with E-state index in [1.807, 2.05) is 0 Å². The number of nitrogens with one attached hydrogen (secondary N) is 2. The third-order valence-corrected chi connectivity index (χ3v) is 3.62. The highest BCUT2D eigenvalue weighted by atomic mass is 19.1. The highest BCUT2D eigenvalue weighted by Gasteiger charge is 2.18. The summed E-state index contributed by atoms with van der Waals surface area (Å²) in [5.74, 6) is 0.0409. The van der Waals surface area contributed by atoms with Crippen LogP contribution in [-0.2, 0) is 4.79 Å². The number of benzene rings is 1. The number of carbonyl (C=O) groups is 2. The molecule has 0 atom stereocenters. The third-order valence-electron chi connectivity index (χ3n) is 3.62. The number of nitrogens with zero attached hydrogens (tertiary/aromatic N) is 2. The van der Waals surface area contributed by atoms with Crippen molar-refractivity contribution in [3.05, 3.63) is 41.9 Å². The molecule has 0 saturated carbocycles. The van der Waals surface area contributed by atoms with Crippen LogP contribution in [0.1, 0.15) is 31.9 Å². The van der Waals surface area contributed by atoms with Gasteiger partial charge in [-0.2, -0.15) is 0 Å². The Balaban J connectivity index is 1.99. The van der Waals surface area contributed by atoms with Gasteiger partial charge < -0.3 is 20.1 Å². The van der Waals surface area contributed by atoms with E-state index in [1.54, 1.807) is 19.1 Å². The summed E-state index contributed by atoms with van der Waals surface area (Å²) in [7, 11) is 0. The lowest BCUT2D eigenvalue weighted by atomic mass is 10.2. The van der Waals surface area contributed by atoms with E-state index in [4.69, 9.17) is 4.52 Å². The van der Waals surface area contributed by atoms with Gasteiger partial charge in [0.05, 0.1) is 0 Å². The number of aromatic nitrogens is 1. The maximum Gasteiger partial charge on any atom is 0.322 e. The van der Waals surface area contributed by atoms with Crippen molar-refractivity contribution >= 4 is 23.4 Å². The molecule has 0 aliphatic rings. The van der Waals surface area contributed by atoms with Crippen LogP contribution in [0.5, 0.6) is 0 Å². The quantitative estimate of drug-likeness (QED) is 0.700. The molecule has 8 heteroatoms. The Morgan fingerprint density at radius 2 is 2.04 bits per heavy atom. The van der Waals surface area contributed by atoms with Crippen molar-refractivity contribution in [3.8, 4) is 0 Å². The van der Waals surface area contributed by atoms with Crippen molar-refractivity contribution in [1.29, 1.82) is 0 Å². The predicted molar refractivity (Wildman–Crippen MR) is 96.4 cm³/mol. The second-order valence-electron chi connectivity index (χ2n) is 5.94. The Hall–Kier alpha value is -2.90. The summed E-state index contributed by atoms with van der Waals surface area (Å²) in [5, 5.41) is 8.90. The molecule has 0 aliphatic heterocycles. The van der Waals surface area contributed by atoms with Crippen molar-refractivity contribution in [1.82, 2.24) is 10.1 Å². The molecule has 0 unspecified atom stereocenters. The molecule has 0 radical (unpaired) electrons. The lowest BCUT2D eigenvalue weighted by molar-refractivity contribution is -0.116. The fourth-order valence-electron chi connectivity index (χ4n) is 2.35. The second kappa shape index (κ2) is 9.55. The zero-order valence-corrected chi connectivity index (χ0v) is 14.9. The van der Waals surface area contributed by atoms with E-state index in [0.29, 0.717) is 23.8 Å². The molecule has 0 spiro atoms. The molecule has 0 fully saturated rings. The van der Waals surface area contributed by atoms with E-state index in [-0.39, 0.29) is 12.5 Å². The fourth-order valence-corrected chi connectivity index (χ4v) is 2.35. The molecule has 2 N–H and O–H groups in total. The number of aryl methyl sites for hydroxylation is 1. The molecule has 140 valence electrons. The van der Waals surface area contributed by atoms with E-state index in [0.717, 1.165) is 19.3 Å². The van der Waals surface area contributed by atoms with Gasteiger partial charge in [-0.1, -0.05) is 31.0 Å². The van der Waals surface area contributed by atoms with E-state index in [2.05, 4.69) is 22.7 Å². The molecule has 1 aromatic heterocycles. The first-order chi connectivity index (χ1) is 12.5. The topological polar surface area (TPSA) is 87.5 Å². The number of carbonyl (C=O) groups excluding carboxylic acids is 2. The first-order valence-electron chi connectivity index (χ1n) is 8.52.